The molecule has 1 aromatic carbocycles. The summed E-state index contributed by atoms with van der Waals surface area (Å²) >= 11 is 5.73. The highest BCUT2D eigenvalue weighted by atomic mass is 35.5. The van der Waals surface area contributed by atoms with E-state index in [0.29, 0.717) is 18.0 Å². The normalized spacial score (nSPS) is 21.9. The molecule has 2 atom stereocenters. The molecule has 1 aliphatic rings. The summed E-state index contributed by atoms with van der Waals surface area (Å²) in [6, 6.07) is 6.39. The van der Waals surface area contributed by atoms with E-state index in [2.05, 4.69) is 5.32 Å². The number of halogens is 1. The predicted octanol–water partition coefficient (Wildman–Crippen LogP) is 1.62. The molecular formula is C11H11ClN2O3. The minimum atomic E-state index is -0.694. The SMILES string of the molecule is O=C(NCc1ccc(Cl)cc1)[C@H]1C[C@H]1[N+](=O)[O-]. The van der Waals surface area contributed by atoms with Gasteiger partial charge in [-0.1, -0.05) is 23.7 Å². The van der Waals surface area contributed by atoms with Crippen LogP contribution in [0.3, 0.4) is 0 Å². The molecule has 1 amide bonds. The van der Waals surface area contributed by atoms with Crippen molar-refractivity contribution in [2.75, 3.05) is 0 Å². The highest BCUT2D eigenvalue weighted by molar-refractivity contribution is 6.30. The number of benzene rings is 1. The lowest BCUT2D eigenvalue weighted by atomic mass is 10.2. The van der Waals surface area contributed by atoms with E-state index in [1.54, 1.807) is 24.3 Å². The minimum absolute atomic E-state index is 0.248. The van der Waals surface area contributed by atoms with Crippen molar-refractivity contribution in [1.29, 1.82) is 0 Å². The van der Waals surface area contributed by atoms with E-state index in [1.807, 2.05) is 0 Å². The number of carbonyl (C=O) groups excluding carboxylic acids is 1. The second-order valence-electron chi connectivity index (χ2n) is 4.04. The summed E-state index contributed by atoms with van der Waals surface area (Å²) in [5.74, 6) is -0.709. The Morgan fingerprint density at radius 2 is 2.12 bits per heavy atom. The Kier molecular flexibility index (Phi) is 3.28. The van der Waals surface area contributed by atoms with Crippen LogP contribution in [0.15, 0.2) is 24.3 Å². The third-order valence-electron chi connectivity index (χ3n) is 2.74. The van der Waals surface area contributed by atoms with Crippen molar-refractivity contribution in [2.24, 2.45) is 5.92 Å². The van der Waals surface area contributed by atoms with Crippen molar-refractivity contribution in [1.82, 2.24) is 5.32 Å². The third-order valence-corrected chi connectivity index (χ3v) is 3.00. The highest BCUT2D eigenvalue weighted by Crippen LogP contribution is 2.33. The number of hydrogen-bond donors (Lipinski definition) is 1. The van der Waals surface area contributed by atoms with Crippen LogP contribution < -0.4 is 5.32 Å². The van der Waals surface area contributed by atoms with Gasteiger partial charge in [-0.05, 0) is 17.7 Å². The molecule has 0 spiro atoms. The van der Waals surface area contributed by atoms with Gasteiger partial charge in [0.2, 0.25) is 11.9 Å². The number of nitro groups is 1. The fourth-order valence-electron chi connectivity index (χ4n) is 1.62. The topological polar surface area (TPSA) is 72.2 Å². The van der Waals surface area contributed by atoms with Crippen LogP contribution in [0.4, 0.5) is 0 Å². The van der Waals surface area contributed by atoms with E-state index in [0.717, 1.165) is 5.56 Å². The number of rotatable bonds is 4. The average Bonchev–Trinajstić information content (AvgIpc) is 3.08. The van der Waals surface area contributed by atoms with Crippen molar-refractivity contribution >= 4 is 17.5 Å². The first kappa shape index (κ1) is 11.9. The number of carbonyl (C=O) groups is 1. The van der Waals surface area contributed by atoms with E-state index in [-0.39, 0.29) is 5.91 Å². The molecule has 0 aliphatic heterocycles. The first-order chi connectivity index (χ1) is 8.08. The van der Waals surface area contributed by atoms with Crippen molar-refractivity contribution in [2.45, 2.75) is 19.0 Å². The molecule has 1 fully saturated rings. The summed E-state index contributed by atoms with van der Waals surface area (Å²) in [4.78, 5) is 21.5. The smallest absolute Gasteiger partial charge is 0.230 e. The number of nitrogens with one attached hydrogen (secondary N) is 1. The Labute approximate surface area is 103 Å². The van der Waals surface area contributed by atoms with Gasteiger partial charge in [-0.2, -0.15) is 0 Å². The Bertz CT molecular complexity index is 447. The van der Waals surface area contributed by atoms with E-state index in [9.17, 15) is 14.9 Å². The second-order valence-corrected chi connectivity index (χ2v) is 4.48. The standard InChI is InChI=1S/C11H11ClN2O3/c12-8-3-1-7(2-4-8)6-13-11(15)9-5-10(9)14(16)17/h1-4,9-10H,5-6H2,(H,13,15)/t9-,10+/m0/s1. The van der Waals surface area contributed by atoms with Crippen LogP contribution in [0.2, 0.25) is 5.02 Å². The zero-order chi connectivity index (χ0) is 12.4. The van der Waals surface area contributed by atoms with Crippen molar-refractivity contribution in [3.8, 4) is 0 Å². The lowest BCUT2D eigenvalue weighted by Gasteiger charge is -2.03. The zero-order valence-electron chi connectivity index (χ0n) is 8.93. The summed E-state index contributed by atoms with van der Waals surface area (Å²) in [7, 11) is 0. The highest BCUT2D eigenvalue weighted by Gasteiger charge is 2.53. The van der Waals surface area contributed by atoms with Crippen LogP contribution in [0.5, 0.6) is 0 Å². The Hall–Kier alpha value is -1.62. The van der Waals surface area contributed by atoms with Gasteiger partial charge in [0.15, 0.2) is 0 Å². The third kappa shape index (κ3) is 2.94. The number of nitrogens with zero attached hydrogens (tertiary/aromatic N) is 1. The van der Waals surface area contributed by atoms with Crippen LogP contribution in [0.25, 0.3) is 0 Å². The van der Waals surface area contributed by atoms with Crippen LogP contribution in [-0.2, 0) is 11.3 Å². The van der Waals surface area contributed by atoms with Crippen LogP contribution >= 0.6 is 11.6 Å². The van der Waals surface area contributed by atoms with Gasteiger partial charge in [0.1, 0.15) is 5.92 Å². The van der Waals surface area contributed by atoms with E-state index in [1.165, 1.54) is 0 Å². The molecule has 1 saturated carbocycles. The van der Waals surface area contributed by atoms with Gasteiger partial charge in [-0.15, -0.1) is 0 Å². The van der Waals surface area contributed by atoms with Crippen LogP contribution in [0.1, 0.15) is 12.0 Å². The van der Waals surface area contributed by atoms with E-state index >= 15 is 0 Å². The second kappa shape index (κ2) is 4.71. The van der Waals surface area contributed by atoms with Crippen molar-refractivity contribution in [3.05, 3.63) is 45.0 Å². The summed E-state index contributed by atoms with van der Waals surface area (Å²) in [6.07, 6.45) is 0.347. The van der Waals surface area contributed by atoms with Gasteiger partial charge in [-0.3, -0.25) is 14.9 Å². The predicted molar refractivity (Wildman–Crippen MR) is 62.2 cm³/mol. The minimum Gasteiger partial charge on any atom is -0.352 e. The molecule has 0 aromatic heterocycles. The molecule has 1 aliphatic carbocycles. The molecule has 0 saturated heterocycles. The Morgan fingerprint density at radius 1 is 1.47 bits per heavy atom. The van der Waals surface area contributed by atoms with Gasteiger partial charge < -0.3 is 5.32 Å². The number of amides is 1. The van der Waals surface area contributed by atoms with Gasteiger partial charge >= 0.3 is 0 Å². The summed E-state index contributed by atoms with van der Waals surface area (Å²) in [5, 5.41) is 13.7. The molecule has 6 heteroatoms. The molecule has 5 nitrogen and oxygen atoms in total. The molecule has 2 rings (SSSR count). The molecule has 90 valence electrons. The van der Waals surface area contributed by atoms with Gasteiger partial charge in [0.25, 0.3) is 0 Å². The van der Waals surface area contributed by atoms with E-state index in [4.69, 9.17) is 11.6 Å². The molecule has 0 heterocycles. The monoisotopic (exact) mass is 254 g/mol. The lowest BCUT2D eigenvalue weighted by Crippen LogP contribution is -2.26. The molecular weight excluding hydrogens is 244 g/mol. The summed E-state index contributed by atoms with van der Waals surface area (Å²) in [5.41, 5.74) is 0.918. The van der Waals surface area contributed by atoms with E-state index < -0.39 is 16.9 Å². The summed E-state index contributed by atoms with van der Waals surface area (Å²) in [6.45, 7) is 0.372. The quantitative estimate of drug-likeness (QED) is 0.656. The number of hydrogen-bond acceptors (Lipinski definition) is 3. The molecule has 0 bridgehead atoms. The van der Waals surface area contributed by atoms with Crippen LogP contribution in [-0.4, -0.2) is 16.9 Å². The van der Waals surface area contributed by atoms with Crippen molar-refractivity contribution < 1.29 is 9.72 Å². The Balaban J connectivity index is 1.81. The molecule has 0 radical (unpaired) electrons. The van der Waals surface area contributed by atoms with Crippen LogP contribution in [0, 0.1) is 16.0 Å². The van der Waals surface area contributed by atoms with Gasteiger partial charge in [-0.25, -0.2) is 0 Å². The fraction of sp³-hybridized carbons (Fsp3) is 0.364. The van der Waals surface area contributed by atoms with Crippen molar-refractivity contribution in [3.63, 3.8) is 0 Å². The maximum Gasteiger partial charge on any atom is 0.230 e. The van der Waals surface area contributed by atoms with Gasteiger partial charge in [0, 0.05) is 22.9 Å². The molecule has 1 aromatic rings. The fourth-order valence-corrected chi connectivity index (χ4v) is 1.74. The zero-order valence-corrected chi connectivity index (χ0v) is 9.68. The Morgan fingerprint density at radius 3 is 2.65 bits per heavy atom. The first-order valence-corrected chi connectivity index (χ1v) is 5.61. The summed E-state index contributed by atoms with van der Waals surface area (Å²) < 4.78 is 0. The average molecular weight is 255 g/mol. The lowest BCUT2D eigenvalue weighted by molar-refractivity contribution is -0.497. The molecule has 1 N–H and O–H groups in total. The molecule has 17 heavy (non-hydrogen) atoms. The molecule has 0 unspecified atom stereocenters. The largest absolute Gasteiger partial charge is 0.352 e. The maximum atomic E-state index is 11.5. The van der Waals surface area contributed by atoms with Gasteiger partial charge in [0.05, 0.1) is 0 Å². The maximum absolute atomic E-state index is 11.5. The first-order valence-electron chi connectivity index (χ1n) is 5.23.